The number of carbonyl (C=O) groups excluding carboxylic acids is 2. The van der Waals surface area contributed by atoms with E-state index in [9.17, 15) is 19.0 Å². The van der Waals surface area contributed by atoms with E-state index < -0.39 is 26.5 Å². The van der Waals surface area contributed by atoms with Crippen molar-refractivity contribution in [3.8, 4) is 0 Å². The number of hydrogen-bond donors (Lipinski definition) is 2. The van der Waals surface area contributed by atoms with Crippen LogP contribution in [0.5, 0.6) is 0 Å². The quantitative estimate of drug-likeness (QED) is 0.0264. The summed E-state index contributed by atoms with van der Waals surface area (Å²) in [5.41, 5.74) is 5.42. The third kappa shape index (κ3) is 80.1. The summed E-state index contributed by atoms with van der Waals surface area (Å²) in [5, 5.41) is 0. The maximum absolute atomic E-state index is 12.8. The van der Waals surface area contributed by atoms with E-state index in [1.54, 1.807) is 0 Å². The molecule has 0 aliphatic heterocycles. The third-order valence-electron chi connectivity index (χ3n) is 18.3. The number of allylic oxidation sites excluding steroid dienone is 14. The average molecular weight is 1350 g/mol. The molecule has 9 nitrogen and oxygen atoms in total. The molecule has 0 aliphatic carbocycles. The van der Waals surface area contributed by atoms with Crippen LogP contribution < -0.4 is 5.73 Å². The first-order valence-electron chi connectivity index (χ1n) is 41.1. The van der Waals surface area contributed by atoms with Gasteiger partial charge in [0.25, 0.3) is 0 Å². The molecule has 0 amide bonds. The molecular weight excluding hydrogens is 1190 g/mol. The summed E-state index contributed by atoms with van der Waals surface area (Å²) in [6, 6.07) is 0. The van der Waals surface area contributed by atoms with Crippen molar-refractivity contribution in [2.75, 3.05) is 26.4 Å². The fraction of sp³-hybridized carbons (Fsp3) is 0.812. The standard InChI is InChI=1S/C85H156NO8P/c1-3-5-7-9-11-13-15-17-19-21-23-25-27-29-31-33-35-37-39-40-41-42-44-45-47-49-51-53-55-57-59-61-63-65-67-69-71-73-75-77-84(87)91-81-83(82-93-95(89,90)92-80-79-86)94-85(88)78-76-74-72-70-68-66-64-62-60-58-56-54-52-50-48-46-43-38-36-34-32-30-28-26-24-22-20-18-16-14-12-10-8-6-4-2/h6,8,12,14-15,17-18,20-21,23-24,26,30,32,83H,3-5,7,9-11,13,16,19,22,25,27-29,31,33-82,86H2,1-2H3,(H,89,90)/b8-6-,14-12-,17-15-,20-18-,23-21-,26-24-,32-30-. The zero-order valence-corrected chi connectivity index (χ0v) is 63.6. The Labute approximate surface area is 589 Å². The molecule has 0 aromatic rings. The smallest absolute Gasteiger partial charge is 0.462 e. The third-order valence-corrected chi connectivity index (χ3v) is 19.2. The lowest BCUT2D eigenvalue weighted by atomic mass is 10.0. The van der Waals surface area contributed by atoms with E-state index in [2.05, 4.69) is 98.9 Å². The van der Waals surface area contributed by atoms with E-state index in [1.165, 1.54) is 308 Å². The summed E-state index contributed by atoms with van der Waals surface area (Å²) in [6.07, 6.45) is 109. The van der Waals surface area contributed by atoms with Gasteiger partial charge in [0.05, 0.1) is 13.2 Å². The first-order chi connectivity index (χ1) is 46.8. The Hall–Kier alpha value is -2.81. The number of unbranched alkanes of at least 4 members (excludes halogenated alkanes) is 51. The van der Waals surface area contributed by atoms with Gasteiger partial charge in [-0.3, -0.25) is 18.6 Å². The summed E-state index contributed by atoms with van der Waals surface area (Å²) in [6.45, 7) is 3.69. The van der Waals surface area contributed by atoms with Gasteiger partial charge in [-0.15, -0.1) is 0 Å². The molecule has 95 heavy (non-hydrogen) atoms. The summed E-state index contributed by atoms with van der Waals surface area (Å²) in [5.74, 6) is -0.806. The van der Waals surface area contributed by atoms with E-state index in [4.69, 9.17) is 24.3 Å². The highest BCUT2D eigenvalue weighted by Crippen LogP contribution is 2.43. The minimum atomic E-state index is -4.40. The van der Waals surface area contributed by atoms with Crippen LogP contribution in [0.25, 0.3) is 0 Å². The molecule has 0 saturated heterocycles. The Kier molecular flexibility index (Phi) is 77.8. The van der Waals surface area contributed by atoms with Crippen LogP contribution in [0.4, 0.5) is 0 Å². The van der Waals surface area contributed by atoms with Crippen LogP contribution >= 0.6 is 7.82 Å². The number of rotatable bonds is 78. The van der Waals surface area contributed by atoms with Crippen molar-refractivity contribution in [3.05, 3.63) is 85.1 Å². The van der Waals surface area contributed by atoms with Crippen LogP contribution in [-0.4, -0.2) is 49.3 Å². The number of ether oxygens (including phenoxy) is 2. The summed E-state index contributed by atoms with van der Waals surface area (Å²) in [4.78, 5) is 35.5. The van der Waals surface area contributed by atoms with Crippen molar-refractivity contribution < 1.29 is 37.6 Å². The monoisotopic (exact) mass is 1350 g/mol. The molecule has 0 spiro atoms. The van der Waals surface area contributed by atoms with Crippen molar-refractivity contribution >= 4 is 19.8 Å². The highest BCUT2D eigenvalue weighted by atomic mass is 31.2. The van der Waals surface area contributed by atoms with Gasteiger partial charge in [0.1, 0.15) is 6.61 Å². The van der Waals surface area contributed by atoms with Gasteiger partial charge >= 0.3 is 19.8 Å². The van der Waals surface area contributed by atoms with Crippen molar-refractivity contribution in [1.29, 1.82) is 0 Å². The van der Waals surface area contributed by atoms with Crippen molar-refractivity contribution in [2.45, 2.75) is 418 Å². The largest absolute Gasteiger partial charge is 0.472 e. The Bertz CT molecular complexity index is 1840. The number of phosphoric acid groups is 1. The van der Waals surface area contributed by atoms with Gasteiger partial charge in [0.15, 0.2) is 6.10 Å². The van der Waals surface area contributed by atoms with Crippen LogP contribution in [0.15, 0.2) is 85.1 Å². The van der Waals surface area contributed by atoms with Gasteiger partial charge in [0, 0.05) is 19.4 Å². The summed E-state index contributed by atoms with van der Waals surface area (Å²) < 4.78 is 33.3. The number of esters is 2. The van der Waals surface area contributed by atoms with Crippen LogP contribution in [0.3, 0.4) is 0 Å². The molecule has 0 radical (unpaired) electrons. The number of hydrogen-bond acceptors (Lipinski definition) is 8. The average Bonchev–Trinajstić information content (AvgIpc) is 3.32. The molecular formula is C85H156NO8P. The molecule has 0 rings (SSSR count). The van der Waals surface area contributed by atoms with Crippen LogP contribution in [0.2, 0.25) is 0 Å². The summed E-state index contributed by atoms with van der Waals surface area (Å²) in [7, 11) is -4.40. The van der Waals surface area contributed by atoms with E-state index >= 15 is 0 Å². The lowest BCUT2D eigenvalue weighted by Gasteiger charge is -2.19. The van der Waals surface area contributed by atoms with Gasteiger partial charge in [-0.1, -0.05) is 394 Å². The minimum Gasteiger partial charge on any atom is -0.462 e. The van der Waals surface area contributed by atoms with Crippen LogP contribution in [0, 0.1) is 0 Å². The first-order valence-corrected chi connectivity index (χ1v) is 42.6. The second kappa shape index (κ2) is 80.2. The molecule has 2 unspecified atom stereocenters. The zero-order chi connectivity index (χ0) is 68.6. The maximum atomic E-state index is 12.8. The van der Waals surface area contributed by atoms with Gasteiger partial charge in [-0.05, 0) is 89.9 Å². The molecule has 0 aromatic heterocycles. The van der Waals surface area contributed by atoms with Gasteiger partial charge in [-0.25, -0.2) is 4.57 Å². The SMILES string of the molecule is CC/C=C\C/C=C\C/C=C\C/C=C\C/C=C\CCCCCCCCCCCCCCCCCCCCCC(=O)OC(COC(=O)CCCCCCCCCCCCCCCCCCCCCCCCCCCCC/C=C\C/C=C\CCCCCCC)COP(=O)(O)OCCN. The number of nitrogens with two attached hydrogens (primary N) is 1. The van der Waals surface area contributed by atoms with Crippen molar-refractivity contribution in [1.82, 2.24) is 0 Å². The van der Waals surface area contributed by atoms with Crippen LogP contribution in [-0.2, 0) is 32.7 Å². The topological polar surface area (TPSA) is 134 Å². The molecule has 0 saturated carbocycles. The van der Waals surface area contributed by atoms with E-state index in [0.717, 1.165) is 70.6 Å². The second-order valence-corrected chi connectivity index (χ2v) is 29.1. The first kappa shape index (κ1) is 92.2. The lowest BCUT2D eigenvalue weighted by Crippen LogP contribution is -2.29. The molecule has 10 heteroatoms. The van der Waals surface area contributed by atoms with Gasteiger partial charge in [-0.2, -0.15) is 0 Å². The normalized spacial score (nSPS) is 13.3. The van der Waals surface area contributed by atoms with Crippen molar-refractivity contribution in [3.63, 3.8) is 0 Å². The molecule has 0 fully saturated rings. The Morgan fingerprint density at radius 2 is 0.579 bits per heavy atom. The zero-order valence-electron chi connectivity index (χ0n) is 62.7. The van der Waals surface area contributed by atoms with E-state index in [0.29, 0.717) is 6.42 Å². The summed E-state index contributed by atoms with van der Waals surface area (Å²) >= 11 is 0. The minimum absolute atomic E-state index is 0.0542. The van der Waals surface area contributed by atoms with Gasteiger partial charge in [0.2, 0.25) is 0 Å². The molecule has 554 valence electrons. The fourth-order valence-corrected chi connectivity index (χ4v) is 13.0. The predicted octanol–water partition coefficient (Wildman–Crippen LogP) is 27.7. The van der Waals surface area contributed by atoms with E-state index in [1.807, 2.05) is 0 Å². The number of carbonyl (C=O) groups is 2. The second-order valence-electron chi connectivity index (χ2n) is 27.6. The Balaban J connectivity index is 3.75. The molecule has 0 heterocycles. The molecule has 0 bridgehead atoms. The molecule has 3 N–H and O–H groups in total. The number of phosphoric ester groups is 1. The molecule has 2 atom stereocenters. The van der Waals surface area contributed by atoms with Crippen LogP contribution in [0.1, 0.15) is 412 Å². The predicted molar refractivity (Wildman–Crippen MR) is 413 cm³/mol. The molecule has 0 aromatic carbocycles. The van der Waals surface area contributed by atoms with Gasteiger partial charge < -0.3 is 20.1 Å². The highest BCUT2D eigenvalue weighted by molar-refractivity contribution is 7.47. The van der Waals surface area contributed by atoms with Crippen molar-refractivity contribution in [2.24, 2.45) is 5.73 Å². The fourth-order valence-electron chi connectivity index (χ4n) is 12.2. The lowest BCUT2D eigenvalue weighted by molar-refractivity contribution is -0.161. The maximum Gasteiger partial charge on any atom is 0.472 e. The molecule has 0 aliphatic rings. The highest BCUT2D eigenvalue weighted by Gasteiger charge is 2.26. The van der Waals surface area contributed by atoms with E-state index in [-0.39, 0.29) is 38.6 Å². The Morgan fingerprint density at radius 3 is 0.863 bits per heavy atom. The Morgan fingerprint density at radius 1 is 0.326 bits per heavy atom.